The van der Waals surface area contributed by atoms with E-state index in [1.54, 1.807) is 44.3 Å². The largest absolute Gasteiger partial charge is 0.497 e. The molecule has 0 bridgehead atoms. The fraction of sp³-hybridized carbons (Fsp3) is 0.333. The molecule has 0 fully saturated rings. The Morgan fingerprint density at radius 3 is 2.43 bits per heavy atom. The van der Waals surface area contributed by atoms with Crippen molar-refractivity contribution in [2.24, 2.45) is 7.05 Å². The van der Waals surface area contributed by atoms with Gasteiger partial charge in [0.2, 0.25) is 5.91 Å². The maximum atomic E-state index is 11.9. The van der Waals surface area contributed by atoms with Gasteiger partial charge in [0, 0.05) is 31.8 Å². The van der Waals surface area contributed by atoms with E-state index in [1.165, 1.54) is 0 Å². The predicted molar refractivity (Wildman–Crippen MR) is 79.7 cm³/mol. The summed E-state index contributed by atoms with van der Waals surface area (Å²) in [4.78, 5) is 11.9. The molecule has 1 N–H and O–H groups in total. The number of anilines is 1. The van der Waals surface area contributed by atoms with Crippen molar-refractivity contribution in [2.45, 2.75) is 12.8 Å². The van der Waals surface area contributed by atoms with E-state index in [-0.39, 0.29) is 5.91 Å². The van der Waals surface area contributed by atoms with Gasteiger partial charge in [0.15, 0.2) is 5.82 Å². The first-order chi connectivity index (χ1) is 10.1. The van der Waals surface area contributed by atoms with Gasteiger partial charge < -0.3 is 14.8 Å². The first-order valence-corrected chi connectivity index (χ1v) is 6.62. The van der Waals surface area contributed by atoms with E-state index in [0.29, 0.717) is 18.7 Å². The Balaban J connectivity index is 1.94. The summed E-state index contributed by atoms with van der Waals surface area (Å²) >= 11 is 0. The first kappa shape index (κ1) is 14.9. The quantitative estimate of drug-likeness (QED) is 0.883. The van der Waals surface area contributed by atoms with Crippen LogP contribution in [0.2, 0.25) is 0 Å². The van der Waals surface area contributed by atoms with E-state index in [1.807, 2.05) is 12.1 Å². The Labute approximate surface area is 123 Å². The summed E-state index contributed by atoms with van der Waals surface area (Å²) in [5, 5.41) is 6.86. The second kappa shape index (κ2) is 6.78. The van der Waals surface area contributed by atoms with E-state index in [4.69, 9.17) is 9.47 Å². The molecular weight excluding hydrogens is 270 g/mol. The topological polar surface area (TPSA) is 65.4 Å². The normalized spacial score (nSPS) is 10.2. The number of ether oxygens (including phenoxy) is 2. The van der Waals surface area contributed by atoms with Crippen LogP contribution < -0.4 is 14.8 Å². The molecule has 0 atom stereocenters. The van der Waals surface area contributed by atoms with Gasteiger partial charge in [0.25, 0.3) is 0 Å². The number of rotatable bonds is 6. The number of nitrogens with one attached hydrogen (secondary N) is 1. The standard InChI is InChI=1S/C15H19N3O3/c1-18-7-6-14(17-18)16-15(19)5-4-11-8-12(20-2)10-13(9-11)21-3/h6-10H,4-5H2,1-3H3,(H,16,17,19). The molecule has 0 aliphatic carbocycles. The number of aromatic nitrogens is 2. The first-order valence-electron chi connectivity index (χ1n) is 6.62. The van der Waals surface area contributed by atoms with Crippen LogP contribution in [0.1, 0.15) is 12.0 Å². The van der Waals surface area contributed by atoms with Gasteiger partial charge in [-0.25, -0.2) is 0 Å². The molecule has 1 aromatic carbocycles. The Hall–Kier alpha value is -2.50. The van der Waals surface area contributed by atoms with E-state index in [2.05, 4.69) is 10.4 Å². The monoisotopic (exact) mass is 289 g/mol. The van der Waals surface area contributed by atoms with Crippen molar-refractivity contribution in [1.29, 1.82) is 0 Å². The molecule has 1 amide bonds. The number of carbonyl (C=O) groups excluding carboxylic acids is 1. The molecule has 0 saturated heterocycles. The third kappa shape index (κ3) is 4.24. The summed E-state index contributed by atoms with van der Waals surface area (Å²) < 4.78 is 12.1. The van der Waals surface area contributed by atoms with Crippen LogP contribution in [0.5, 0.6) is 11.5 Å². The zero-order valence-corrected chi connectivity index (χ0v) is 12.4. The summed E-state index contributed by atoms with van der Waals surface area (Å²) in [5.74, 6) is 1.92. The molecule has 0 aliphatic heterocycles. The molecule has 0 spiro atoms. The van der Waals surface area contributed by atoms with Crippen molar-refractivity contribution in [2.75, 3.05) is 19.5 Å². The number of hydrogen-bond donors (Lipinski definition) is 1. The molecule has 6 nitrogen and oxygen atoms in total. The lowest BCUT2D eigenvalue weighted by Crippen LogP contribution is -2.13. The molecule has 1 aromatic heterocycles. The van der Waals surface area contributed by atoms with Crippen LogP contribution in [-0.4, -0.2) is 29.9 Å². The molecule has 6 heteroatoms. The van der Waals surface area contributed by atoms with Crippen LogP contribution >= 0.6 is 0 Å². The number of aryl methyl sites for hydroxylation is 2. The lowest BCUT2D eigenvalue weighted by Gasteiger charge is -2.08. The molecule has 0 aliphatic rings. The molecule has 0 unspecified atom stereocenters. The van der Waals surface area contributed by atoms with E-state index < -0.39 is 0 Å². The maximum absolute atomic E-state index is 11.9. The minimum absolute atomic E-state index is 0.0736. The molecule has 0 saturated carbocycles. The zero-order valence-electron chi connectivity index (χ0n) is 12.4. The van der Waals surface area contributed by atoms with Gasteiger partial charge in [-0.2, -0.15) is 5.10 Å². The van der Waals surface area contributed by atoms with Gasteiger partial charge in [-0.15, -0.1) is 0 Å². The lowest BCUT2D eigenvalue weighted by molar-refractivity contribution is -0.116. The number of carbonyl (C=O) groups is 1. The van der Waals surface area contributed by atoms with E-state index >= 15 is 0 Å². The fourth-order valence-corrected chi connectivity index (χ4v) is 1.96. The van der Waals surface area contributed by atoms with Gasteiger partial charge in [0.1, 0.15) is 11.5 Å². The minimum Gasteiger partial charge on any atom is -0.497 e. The Morgan fingerprint density at radius 2 is 1.90 bits per heavy atom. The average Bonchev–Trinajstić information content (AvgIpc) is 2.89. The van der Waals surface area contributed by atoms with Crippen molar-refractivity contribution in [1.82, 2.24) is 9.78 Å². The van der Waals surface area contributed by atoms with E-state index in [0.717, 1.165) is 17.1 Å². The highest BCUT2D eigenvalue weighted by Gasteiger charge is 2.07. The highest BCUT2D eigenvalue weighted by atomic mass is 16.5. The Morgan fingerprint density at radius 1 is 1.24 bits per heavy atom. The molecule has 2 rings (SSSR count). The van der Waals surface area contributed by atoms with Crippen LogP contribution in [-0.2, 0) is 18.3 Å². The highest BCUT2D eigenvalue weighted by Crippen LogP contribution is 2.23. The zero-order chi connectivity index (χ0) is 15.2. The summed E-state index contributed by atoms with van der Waals surface area (Å²) in [6.45, 7) is 0. The van der Waals surface area contributed by atoms with Crippen molar-refractivity contribution in [3.8, 4) is 11.5 Å². The third-order valence-electron chi connectivity index (χ3n) is 3.03. The summed E-state index contributed by atoms with van der Waals surface area (Å²) in [7, 11) is 5.01. The number of amides is 1. The highest BCUT2D eigenvalue weighted by molar-refractivity contribution is 5.89. The van der Waals surface area contributed by atoms with Crippen LogP contribution in [0.15, 0.2) is 30.5 Å². The number of hydrogen-bond acceptors (Lipinski definition) is 4. The minimum atomic E-state index is -0.0736. The van der Waals surface area contributed by atoms with Gasteiger partial charge in [-0.1, -0.05) is 0 Å². The van der Waals surface area contributed by atoms with Crippen LogP contribution in [0.3, 0.4) is 0 Å². The van der Waals surface area contributed by atoms with Crippen molar-refractivity contribution < 1.29 is 14.3 Å². The molecule has 1 heterocycles. The van der Waals surface area contributed by atoms with Gasteiger partial charge in [-0.3, -0.25) is 9.48 Å². The van der Waals surface area contributed by atoms with Gasteiger partial charge in [-0.05, 0) is 24.1 Å². The maximum Gasteiger partial charge on any atom is 0.225 e. The summed E-state index contributed by atoms with van der Waals surface area (Å²) in [6.07, 6.45) is 2.75. The van der Waals surface area contributed by atoms with Crippen molar-refractivity contribution >= 4 is 11.7 Å². The predicted octanol–water partition coefficient (Wildman–Crippen LogP) is 2.01. The van der Waals surface area contributed by atoms with Gasteiger partial charge >= 0.3 is 0 Å². The third-order valence-corrected chi connectivity index (χ3v) is 3.03. The van der Waals surface area contributed by atoms with Crippen molar-refractivity contribution in [3.63, 3.8) is 0 Å². The van der Waals surface area contributed by atoms with Crippen LogP contribution in [0.25, 0.3) is 0 Å². The molecule has 21 heavy (non-hydrogen) atoms. The summed E-state index contributed by atoms with van der Waals surface area (Å²) in [5.41, 5.74) is 0.988. The lowest BCUT2D eigenvalue weighted by atomic mass is 10.1. The summed E-state index contributed by atoms with van der Waals surface area (Å²) in [6, 6.07) is 7.36. The van der Waals surface area contributed by atoms with Crippen LogP contribution in [0.4, 0.5) is 5.82 Å². The van der Waals surface area contributed by atoms with Crippen molar-refractivity contribution in [3.05, 3.63) is 36.0 Å². The molecular formula is C15H19N3O3. The number of nitrogens with zero attached hydrogens (tertiary/aromatic N) is 2. The van der Waals surface area contributed by atoms with Crippen LogP contribution in [0, 0.1) is 0 Å². The van der Waals surface area contributed by atoms with Gasteiger partial charge in [0.05, 0.1) is 14.2 Å². The average molecular weight is 289 g/mol. The second-order valence-electron chi connectivity index (χ2n) is 4.64. The molecule has 112 valence electrons. The number of benzene rings is 1. The smallest absolute Gasteiger partial charge is 0.225 e. The Bertz CT molecular complexity index is 600. The van der Waals surface area contributed by atoms with E-state index in [9.17, 15) is 4.79 Å². The molecule has 2 aromatic rings. The second-order valence-corrected chi connectivity index (χ2v) is 4.64. The number of methoxy groups -OCH3 is 2. The Kier molecular flexibility index (Phi) is 4.81. The SMILES string of the molecule is COc1cc(CCC(=O)Nc2ccn(C)n2)cc(OC)c1. The fourth-order valence-electron chi connectivity index (χ4n) is 1.96. The molecule has 0 radical (unpaired) electrons.